The average molecular weight is 201 g/mol. The first kappa shape index (κ1) is 11.0. The number of ether oxygens (including phenoxy) is 1. The Labute approximate surface area is 88.6 Å². The fraction of sp³-hybridized carbons (Fsp3) is 0.167. The summed E-state index contributed by atoms with van der Waals surface area (Å²) < 4.78 is 4.73. The van der Waals surface area contributed by atoms with E-state index in [1.54, 1.807) is 12.2 Å². The second-order valence-electron chi connectivity index (χ2n) is 2.93. The SMILES string of the molecule is CC(=O)O[C@H](C#N)/C=C/c1ccccc1. The van der Waals surface area contributed by atoms with Crippen LogP contribution in [0.3, 0.4) is 0 Å². The first-order valence-corrected chi connectivity index (χ1v) is 4.52. The molecule has 0 radical (unpaired) electrons. The molecule has 0 aliphatic rings. The van der Waals surface area contributed by atoms with E-state index in [1.807, 2.05) is 36.4 Å². The smallest absolute Gasteiger partial charge is 0.304 e. The van der Waals surface area contributed by atoms with Crippen LogP contribution in [0.2, 0.25) is 0 Å². The van der Waals surface area contributed by atoms with Crippen LogP contribution >= 0.6 is 0 Å². The maximum absolute atomic E-state index is 10.6. The van der Waals surface area contributed by atoms with Crippen molar-refractivity contribution in [3.63, 3.8) is 0 Å². The second kappa shape index (κ2) is 5.61. The van der Waals surface area contributed by atoms with Crippen LogP contribution in [-0.2, 0) is 9.53 Å². The number of esters is 1. The molecule has 0 aromatic heterocycles. The molecule has 0 bridgehead atoms. The summed E-state index contributed by atoms with van der Waals surface area (Å²) in [5.41, 5.74) is 0.963. The van der Waals surface area contributed by atoms with Gasteiger partial charge in [0.25, 0.3) is 0 Å². The summed E-state index contributed by atoms with van der Waals surface area (Å²) in [5.74, 6) is -0.459. The number of hydrogen-bond acceptors (Lipinski definition) is 3. The average Bonchev–Trinajstić information content (AvgIpc) is 2.25. The lowest BCUT2D eigenvalue weighted by Crippen LogP contribution is -2.10. The zero-order valence-corrected chi connectivity index (χ0v) is 8.38. The van der Waals surface area contributed by atoms with E-state index < -0.39 is 12.1 Å². The van der Waals surface area contributed by atoms with Gasteiger partial charge in [0.15, 0.2) is 0 Å². The van der Waals surface area contributed by atoms with Crippen LogP contribution in [0.15, 0.2) is 36.4 Å². The molecule has 0 saturated heterocycles. The lowest BCUT2D eigenvalue weighted by atomic mass is 10.2. The topological polar surface area (TPSA) is 50.1 Å². The molecule has 1 rings (SSSR count). The number of nitrogens with zero attached hydrogens (tertiary/aromatic N) is 1. The second-order valence-corrected chi connectivity index (χ2v) is 2.93. The highest BCUT2D eigenvalue weighted by Gasteiger charge is 2.04. The van der Waals surface area contributed by atoms with Crippen LogP contribution in [0.1, 0.15) is 12.5 Å². The number of hydrogen-bond donors (Lipinski definition) is 0. The summed E-state index contributed by atoms with van der Waals surface area (Å²) >= 11 is 0. The molecule has 15 heavy (non-hydrogen) atoms. The van der Waals surface area contributed by atoms with E-state index >= 15 is 0 Å². The van der Waals surface area contributed by atoms with Gasteiger partial charge in [0, 0.05) is 6.92 Å². The molecule has 0 N–H and O–H groups in total. The Kier molecular flexibility index (Phi) is 4.11. The Morgan fingerprint density at radius 1 is 1.47 bits per heavy atom. The number of benzene rings is 1. The van der Waals surface area contributed by atoms with Gasteiger partial charge in [-0.1, -0.05) is 36.4 Å². The minimum Gasteiger partial charge on any atom is -0.443 e. The zero-order valence-electron chi connectivity index (χ0n) is 8.38. The normalized spacial score (nSPS) is 12.0. The molecule has 0 unspecified atom stereocenters. The van der Waals surface area contributed by atoms with Crippen LogP contribution in [-0.4, -0.2) is 12.1 Å². The van der Waals surface area contributed by atoms with Crippen LogP contribution in [0.5, 0.6) is 0 Å². The van der Waals surface area contributed by atoms with Gasteiger partial charge in [-0.2, -0.15) is 5.26 Å². The number of rotatable bonds is 3. The van der Waals surface area contributed by atoms with Crippen molar-refractivity contribution >= 4 is 12.0 Å². The van der Waals surface area contributed by atoms with E-state index in [2.05, 4.69) is 0 Å². The molecule has 3 heteroatoms. The van der Waals surface area contributed by atoms with Crippen molar-refractivity contribution in [2.24, 2.45) is 0 Å². The van der Waals surface area contributed by atoms with Crippen molar-refractivity contribution in [2.75, 3.05) is 0 Å². The molecule has 76 valence electrons. The Morgan fingerprint density at radius 3 is 2.67 bits per heavy atom. The predicted octanol–water partition coefficient (Wildman–Crippen LogP) is 2.16. The molecule has 0 aliphatic heterocycles. The molecule has 0 aliphatic carbocycles. The summed E-state index contributed by atoms with van der Waals surface area (Å²) in [6.45, 7) is 1.28. The monoisotopic (exact) mass is 201 g/mol. The molecular formula is C12H11NO2. The Bertz CT molecular complexity index is 390. The summed E-state index contributed by atoms with van der Waals surface area (Å²) in [7, 11) is 0. The molecular weight excluding hydrogens is 190 g/mol. The van der Waals surface area contributed by atoms with Crippen molar-refractivity contribution < 1.29 is 9.53 Å². The molecule has 1 atom stereocenters. The Balaban J connectivity index is 2.64. The van der Waals surface area contributed by atoms with Gasteiger partial charge in [0.2, 0.25) is 6.10 Å². The number of nitriles is 1. The van der Waals surface area contributed by atoms with Gasteiger partial charge >= 0.3 is 5.97 Å². The fourth-order valence-electron chi connectivity index (χ4n) is 1.05. The standard InChI is InChI=1S/C12H11NO2/c1-10(14)15-12(9-13)8-7-11-5-3-2-4-6-11/h2-8,12H,1H3/b8-7+/t12-/m0/s1. The highest BCUT2D eigenvalue weighted by Crippen LogP contribution is 2.03. The summed E-state index contributed by atoms with van der Waals surface area (Å²) in [5, 5.41) is 8.67. The lowest BCUT2D eigenvalue weighted by Gasteiger charge is -2.02. The van der Waals surface area contributed by atoms with E-state index in [-0.39, 0.29) is 0 Å². The van der Waals surface area contributed by atoms with Gasteiger partial charge in [0.1, 0.15) is 6.07 Å². The molecule has 0 spiro atoms. The number of carbonyl (C=O) groups is 1. The fourth-order valence-corrected chi connectivity index (χ4v) is 1.05. The van der Waals surface area contributed by atoms with E-state index in [0.29, 0.717) is 0 Å². The first-order chi connectivity index (χ1) is 7.22. The van der Waals surface area contributed by atoms with Crippen molar-refractivity contribution in [1.29, 1.82) is 5.26 Å². The quantitative estimate of drug-likeness (QED) is 0.704. The van der Waals surface area contributed by atoms with Gasteiger partial charge < -0.3 is 4.74 Å². The minimum atomic E-state index is -0.817. The molecule has 0 amide bonds. The van der Waals surface area contributed by atoms with Crippen molar-refractivity contribution in [1.82, 2.24) is 0 Å². The minimum absolute atomic E-state index is 0.459. The summed E-state index contributed by atoms with van der Waals surface area (Å²) in [6.07, 6.45) is 2.48. The first-order valence-electron chi connectivity index (χ1n) is 4.52. The van der Waals surface area contributed by atoms with Gasteiger partial charge in [-0.3, -0.25) is 4.79 Å². The van der Waals surface area contributed by atoms with Crippen LogP contribution in [0.4, 0.5) is 0 Å². The molecule has 0 saturated carbocycles. The van der Waals surface area contributed by atoms with Crippen molar-refractivity contribution in [3.8, 4) is 6.07 Å². The molecule has 1 aromatic rings. The van der Waals surface area contributed by atoms with E-state index in [1.165, 1.54) is 6.92 Å². The van der Waals surface area contributed by atoms with E-state index in [9.17, 15) is 4.79 Å². The largest absolute Gasteiger partial charge is 0.443 e. The molecule has 3 nitrogen and oxygen atoms in total. The van der Waals surface area contributed by atoms with Gasteiger partial charge in [0.05, 0.1) is 0 Å². The van der Waals surface area contributed by atoms with Crippen LogP contribution in [0, 0.1) is 11.3 Å². The van der Waals surface area contributed by atoms with Gasteiger partial charge in [-0.05, 0) is 11.6 Å². The Hall–Kier alpha value is -2.08. The highest BCUT2D eigenvalue weighted by atomic mass is 16.5. The number of carbonyl (C=O) groups excluding carboxylic acids is 1. The highest BCUT2D eigenvalue weighted by molar-refractivity contribution is 5.67. The van der Waals surface area contributed by atoms with Crippen LogP contribution in [0.25, 0.3) is 6.08 Å². The van der Waals surface area contributed by atoms with Crippen molar-refractivity contribution in [2.45, 2.75) is 13.0 Å². The Morgan fingerprint density at radius 2 is 2.13 bits per heavy atom. The third-order valence-electron chi connectivity index (χ3n) is 1.68. The third-order valence-corrected chi connectivity index (χ3v) is 1.68. The van der Waals surface area contributed by atoms with Crippen LogP contribution < -0.4 is 0 Å². The summed E-state index contributed by atoms with van der Waals surface area (Å²) in [4.78, 5) is 10.6. The summed E-state index contributed by atoms with van der Waals surface area (Å²) in [6, 6.07) is 11.4. The lowest BCUT2D eigenvalue weighted by molar-refractivity contribution is -0.142. The van der Waals surface area contributed by atoms with Gasteiger partial charge in [-0.25, -0.2) is 0 Å². The molecule has 1 aromatic carbocycles. The van der Waals surface area contributed by atoms with Gasteiger partial charge in [-0.15, -0.1) is 0 Å². The third kappa shape index (κ3) is 4.10. The zero-order chi connectivity index (χ0) is 11.1. The van der Waals surface area contributed by atoms with Crippen molar-refractivity contribution in [3.05, 3.63) is 42.0 Å². The van der Waals surface area contributed by atoms with E-state index in [4.69, 9.17) is 10.00 Å². The predicted molar refractivity (Wildman–Crippen MR) is 56.6 cm³/mol. The maximum Gasteiger partial charge on any atom is 0.304 e. The molecule has 0 fully saturated rings. The maximum atomic E-state index is 10.6. The molecule has 0 heterocycles. The van der Waals surface area contributed by atoms with E-state index in [0.717, 1.165) is 5.56 Å².